The van der Waals surface area contributed by atoms with Crippen molar-refractivity contribution in [1.29, 1.82) is 5.26 Å². The Kier molecular flexibility index (Phi) is 9.26. The topological polar surface area (TPSA) is 65.8 Å². The lowest BCUT2D eigenvalue weighted by molar-refractivity contribution is -0.126. The number of para-hydroxylation sites is 1. The first-order chi connectivity index (χ1) is 18.0. The van der Waals surface area contributed by atoms with E-state index in [0.29, 0.717) is 47.8 Å². The summed E-state index contributed by atoms with van der Waals surface area (Å²) in [4.78, 5) is 17.2. The third-order valence-corrected chi connectivity index (χ3v) is 7.10. The molecular formula is C29H27Br2N3O3. The third kappa shape index (κ3) is 6.94. The van der Waals surface area contributed by atoms with E-state index in [2.05, 4.69) is 55.0 Å². The van der Waals surface area contributed by atoms with Crippen LogP contribution in [-0.4, -0.2) is 43.6 Å². The Bertz CT molecular complexity index is 1300. The van der Waals surface area contributed by atoms with Crippen molar-refractivity contribution in [2.75, 3.05) is 37.7 Å². The second-order valence-electron chi connectivity index (χ2n) is 8.46. The van der Waals surface area contributed by atoms with Crippen molar-refractivity contribution in [2.24, 2.45) is 0 Å². The Morgan fingerprint density at radius 1 is 1.00 bits per heavy atom. The molecular weight excluding hydrogens is 598 g/mol. The van der Waals surface area contributed by atoms with Crippen LogP contribution in [0.3, 0.4) is 0 Å². The van der Waals surface area contributed by atoms with Gasteiger partial charge in [-0.3, -0.25) is 4.79 Å². The lowest BCUT2D eigenvalue weighted by atomic mass is 10.1. The van der Waals surface area contributed by atoms with Crippen LogP contribution in [0, 0.1) is 11.3 Å². The zero-order valence-electron chi connectivity index (χ0n) is 20.5. The van der Waals surface area contributed by atoms with Gasteiger partial charge in [0.25, 0.3) is 5.91 Å². The van der Waals surface area contributed by atoms with Gasteiger partial charge in [-0.15, -0.1) is 0 Å². The van der Waals surface area contributed by atoms with Crippen LogP contribution in [0.1, 0.15) is 18.1 Å². The number of halogens is 2. The molecule has 3 aromatic carbocycles. The van der Waals surface area contributed by atoms with Gasteiger partial charge in [0.1, 0.15) is 18.2 Å². The molecule has 8 heteroatoms. The molecule has 1 heterocycles. The largest absolute Gasteiger partial charge is 0.490 e. The number of hydrogen-bond donors (Lipinski definition) is 0. The van der Waals surface area contributed by atoms with Crippen molar-refractivity contribution < 1.29 is 14.3 Å². The molecule has 3 aromatic rings. The monoisotopic (exact) mass is 623 g/mol. The molecule has 0 spiro atoms. The van der Waals surface area contributed by atoms with Crippen LogP contribution in [0.15, 0.2) is 81.2 Å². The highest BCUT2D eigenvalue weighted by Gasteiger charge is 2.24. The maximum absolute atomic E-state index is 13.2. The molecule has 0 atom stereocenters. The van der Waals surface area contributed by atoms with Gasteiger partial charge >= 0.3 is 0 Å². The molecule has 0 aromatic heterocycles. The molecule has 37 heavy (non-hydrogen) atoms. The number of nitriles is 1. The van der Waals surface area contributed by atoms with Gasteiger partial charge in [0.2, 0.25) is 0 Å². The summed E-state index contributed by atoms with van der Waals surface area (Å²) < 4.78 is 13.6. The molecule has 4 rings (SSSR count). The van der Waals surface area contributed by atoms with E-state index < -0.39 is 0 Å². The van der Waals surface area contributed by atoms with Crippen molar-refractivity contribution in [3.05, 3.63) is 92.4 Å². The molecule has 0 bridgehead atoms. The number of rotatable bonds is 8. The van der Waals surface area contributed by atoms with E-state index >= 15 is 0 Å². The Labute approximate surface area is 234 Å². The lowest BCUT2D eigenvalue weighted by Crippen LogP contribution is -2.49. The normalized spacial score (nSPS) is 13.7. The number of hydrogen-bond acceptors (Lipinski definition) is 5. The summed E-state index contributed by atoms with van der Waals surface area (Å²) in [6.07, 6.45) is 1.61. The number of piperazine rings is 1. The molecule has 1 aliphatic rings. The zero-order chi connectivity index (χ0) is 26.2. The van der Waals surface area contributed by atoms with Crippen LogP contribution in [0.2, 0.25) is 0 Å². The highest BCUT2D eigenvalue weighted by Crippen LogP contribution is 2.38. The van der Waals surface area contributed by atoms with E-state index in [1.165, 1.54) is 0 Å². The van der Waals surface area contributed by atoms with Gasteiger partial charge in [-0.05, 0) is 76.5 Å². The molecule has 0 unspecified atom stereocenters. The number of anilines is 1. The van der Waals surface area contributed by atoms with Crippen LogP contribution < -0.4 is 14.4 Å². The maximum atomic E-state index is 13.2. The first kappa shape index (κ1) is 26.8. The van der Waals surface area contributed by atoms with Crippen LogP contribution in [0.25, 0.3) is 6.08 Å². The second-order valence-corrected chi connectivity index (χ2v) is 10.2. The highest BCUT2D eigenvalue weighted by atomic mass is 79.9. The van der Waals surface area contributed by atoms with Gasteiger partial charge in [0.05, 0.1) is 11.1 Å². The van der Waals surface area contributed by atoms with Gasteiger partial charge in [-0.1, -0.05) is 46.3 Å². The predicted molar refractivity (Wildman–Crippen MR) is 153 cm³/mol. The van der Waals surface area contributed by atoms with Crippen molar-refractivity contribution in [1.82, 2.24) is 4.90 Å². The van der Waals surface area contributed by atoms with Gasteiger partial charge in [0.15, 0.2) is 11.5 Å². The fourth-order valence-electron chi connectivity index (χ4n) is 4.10. The molecule has 0 aliphatic carbocycles. The summed E-state index contributed by atoms with van der Waals surface area (Å²) in [6, 6.07) is 23.8. The van der Waals surface area contributed by atoms with Crippen LogP contribution in [0.4, 0.5) is 5.69 Å². The highest BCUT2D eigenvalue weighted by molar-refractivity contribution is 9.10. The molecule has 1 amide bonds. The summed E-state index contributed by atoms with van der Waals surface area (Å²) in [6.45, 7) is 5.28. The average Bonchev–Trinajstić information content (AvgIpc) is 2.92. The fourth-order valence-corrected chi connectivity index (χ4v) is 4.93. The van der Waals surface area contributed by atoms with E-state index in [1.54, 1.807) is 17.0 Å². The van der Waals surface area contributed by atoms with E-state index in [0.717, 1.165) is 28.8 Å². The van der Waals surface area contributed by atoms with E-state index in [1.807, 2.05) is 55.5 Å². The number of amides is 1. The molecule has 190 valence electrons. The van der Waals surface area contributed by atoms with Gasteiger partial charge in [0, 0.05) is 36.3 Å². The molecule has 0 saturated carbocycles. The van der Waals surface area contributed by atoms with Crippen molar-refractivity contribution in [3.8, 4) is 17.6 Å². The first-order valence-electron chi connectivity index (χ1n) is 12.0. The summed E-state index contributed by atoms with van der Waals surface area (Å²) >= 11 is 7.02. The summed E-state index contributed by atoms with van der Waals surface area (Å²) in [7, 11) is 0. The molecule has 6 nitrogen and oxygen atoms in total. The standard InChI is InChI=1S/C29H27Br2N3O3/c1-2-36-27-18-22(17-26(31)28(27)37-20-21-8-10-24(30)11-9-21)16-23(19-32)29(35)34-14-12-33(13-15-34)25-6-4-3-5-7-25/h3-11,16-18H,2,12-15,20H2,1H3/b23-16-. The Hall–Kier alpha value is -3.28. The van der Waals surface area contributed by atoms with Gasteiger partial charge in [-0.25, -0.2) is 0 Å². The Morgan fingerprint density at radius 3 is 2.35 bits per heavy atom. The number of carbonyl (C=O) groups excluding carboxylic acids is 1. The summed E-state index contributed by atoms with van der Waals surface area (Å²) in [5, 5.41) is 9.80. The SMILES string of the molecule is CCOc1cc(/C=C(/C#N)C(=O)N2CCN(c3ccccc3)CC2)cc(Br)c1OCc1ccc(Br)cc1. The van der Waals surface area contributed by atoms with Crippen LogP contribution in [-0.2, 0) is 11.4 Å². The van der Waals surface area contributed by atoms with Crippen LogP contribution >= 0.6 is 31.9 Å². The minimum atomic E-state index is -0.264. The van der Waals surface area contributed by atoms with Gasteiger partial charge < -0.3 is 19.3 Å². The first-order valence-corrected chi connectivity index (χ1v) is 13.6. The lowest BCUT2D eigenvalue weighted by Gasteiger charge is -2.36. The van der Waals surface area contributed by atoms with E-state index in [4.69, 9.17) is 9.47 Å². The molecule has 1 aliphatic heterocycles. The number of nitrogens with zero attached hydrogens (tertiary/aromatic N) is 3. The van der Waals surface area contributed by atoms with Crippen molar-refractivity contribution >= 4 is 49.5 Å². The number of carbonyl (C=O) groups is 1. The fraction of sp³-hybridized carbons (Fsp3) is 0.241. The van der Waals surface area contributed by atoms with Crippen LogP contribution in [0.5, 0.6) is 11.5 Å². The Morgan fingerprint density at radius 2 is 1.70 bits per heavy atom. The average molecular weight is 625 g/mol. The smallest absolute Gasteiger partial charge is 0.264 e. The molecule has 0 N–H and O–H groups in total. The zero-order valence-corrected chi connectivity index (χ0v) is 23.7. The molecule has 1 fully saturated rings. The number of ether oxygens (including phenoxy) is 2. The predicted octanol–water partition coefficient (Wildman–Crippen LogP) is 6.45. The van der Waals surface area contributed by atoms with E-state index in [9.17, 15) is 10.1 Å². The maximum Gasteiger partial charge on any atom is 0.264 e. The molecule has 1 saturated heterocycles. The van der Waals surface area contributed by atoms with Crippen molar-refractivity contribution in [2.45, 2.75) is 13.5 Å². The number of benzene rings is 3. The second kappa shape index (κ2) is 12.8. The minimum absolute atomic E-state index is 0.0889. The minimum Gasteiger partial charge on any atom is -0.490 e. The van der Waals surface area contributed by atoms with Crippen molar-refractivity contribution in [3.63, 3.8) is 0 Å². The van der Waals surface area contributed by atoms with E-state index in [-0.39, 0.29) is 11.5 Å². The quantitative estimate of drug-likeness (QED) is 0.213. The third-order valence-electron chi connectivity index (χ3n) is 5.98. The summed E-state index contributed by atoms with van der Waals surface area (Å²) in [5.41, 5.74) is 2.93. The Balaban J connectivity index is 1.48. The summed E-state index contributed by atoms with van der Waals surface area (Å²) in [5.74, 6) is 0.852. The van der Waals surface area contributed by atoms with Gasteiger partial charge in [-0.2, -0.15) is 5.26 Å². The molecule has 0 radical (unpaired) electrons.